The summed E-state index contributed by atoms with van der Waals surface area (Å²) >= 11 is 1.39. The number of anilines is 1. The van der Waals surface area contributed by atoms with Gasteiger partial charge in [0.05, 0.1) is 27.5 Å². The molecule has 2 aromatic carbocycles. The van der Waals surface area contributed by atoms with E-state index in [0.717, 1.165) is 16.1 Å². The number of fused-ring (bicyclic) bond motifs is 1. The third kappa shape index (κ3) is 3.03. The zero-order valence-electron chi connectivity index (χ0n) is 11.2. The van der Waals surface area contributed by atoms with Crippen molar-refractivity contribution in [2.75, 3.05) is 4.72 Å². The number of benzene rings is 2. The van der Waals surface area contributed by atoms with Gasteiger partial charge in [-0.25, -0.2) is 13.4 Å². The highest BCUT2D eigenvalue weighted by Gasteiger charge is 2.15. The molecule has 0 bridgehead atoms. The van der Waals surface area contributed by atoms with Gasteiger partial charge in [0.1, 0.15) is 0 Å². The van der Waals surface area contributed by atoms with Crippen LogP contribution in [0.1, 0.15) is 5.56 Å². The molecule has 2 aromatic rings. The van der Waals surface area contributed by atoms with Crippen molar-refractivity contribution in [1.82, 2.24) is 4.72 Å². The molecule has 0 atom stereocenters. The summed E-state index contributed by atoms with van der Waals surface area (Å²) < 4.78 is 30.1. The molecule has 0 aliphatic carbocycles. The zero-order valence-corrected chi connectivity index (χ0v) is 12.8. The van der Waals surface area contributed by atoms with Crippen LogP contribution in [-0.2, 0) is 10.0 Å². The Hall–Kier alpha value is -1.99. The van der Waals surface area contributed by atoms with Crippen molar-refractivity contribution in [3.05, 3.63) is 48.0 Å². The molecule has 0 unspecified atom stereocenters. The molecule has 1 heterocycles. The average Bonchev–Trinajstić information content (AvgIpc) is 2.47. The SMILES string of the molecule is Cc1ccc(S(=O)(=O)Nc2ccc3c(c2)SNC=N3)cc1. The number of nitrogens with zero attached hydrogens (tertiary/aromatic N) is 1. The maximum absolute atomic E-state index is 12.3. The van der Waals surface area contributed by atoms with Crippen LogP contribution in [0.5, 0.6) is 0 Å². The Morgan fingerprint density at radius 3 is 2.67 bits per heavy atom. The molecular weight excluding hydrogens is 306 g/mol. The highest BCUT2D eigenvalue weighted by molar-refractivity contribution is 7.98. The third-order valence-corrected chi connectivity index (χ3v) is 5.14. The van der Waals surface area contributed by atoms with Crippen LogP contribution in [0.15, 0.2) is 57.2 Å². The lowest BCUT2D eigenvalue weighted by molar-refractivity contribution is 0.601. The minimum atomic E-state index is -3.57. The lowest BCUT2D eigenvalue weighted by Crippen LogP contribution is -2.13. The van der Waals surface area contributed by atoms with Gasteiger partial charge in [0, 0.05) is 0 Å². The Balaban J connectivity index is 1.89. The van der Waals surface area contributed by atoms with Crippen molar-refractivity contribution in [3.8, 4) is 0 Å². The molecule has 2 N–H and O–H groups in total. The summed E-state index contributed by atoms with van der Waals surface area (Å²) in [7, 11) is -3.57. The molecule has 1 aliphatic heterocycles. The first-order chi connectivity index (χ1) is 10.0. The van der Waals surface area contributed by atoms with E-state index in [1.54, 1.807) is 48.8 Å². The third-order valence-electron chi connectivity index (χ3n) is 2.97. The number of sulfonamides is 1. The lowest BCUT2D eigenvalue weighted by atomic mass is 10.2. The van der Waals surface area contributed by atoms with Gasteiger partial charge in [-0.15, -0.1) is 0 Å². The van der Waals surface area contributed by atoms with Gasteiger partial charge in [-0.2, -0.15) is 0 Å². The second-order valence-corrected chi connectivity index (χ2v) is 7.14. The number of hydrogen-bond acceptors (Lipinski definition) is 5. The summed E-state index contributed by atoms with van der Waals surface area (Å²) in [5.74, 6) is 0. The van der Waals surface area contributed by atoms with Gasteiger partial charge in [0.2, 0.25) is 0 Å². The first-order valence-corrected chi connectivity index (χ1v) is 8.53. The summed E-state index contributed by atoms with van der Waals surface area (Å²) in [4.78, 5) is 5.29. The fourth-order valence-corrected chi connectivity index (χ4v) is 3.58. The number of nitrogens with one attached hydrogen (secondary N) is 2. The molecule has 108 valence electrons. The Kier molecular flexibility index (Phi) is 3.60. The van der Waals surface area contributed by atoms with Crippen molar-refractivity contribution >= 4 is 39.7 Å². The number of hydrogen-bond donors (Lipinski definition) is 2. The topological polar surface area (TPSA) is 70.6 Å². The largest absolute Gasteiger partial charge is 0.316 e. The molecule has 7 heteroatoms. The Morgan fingerprint density at radius 2 is 1.90 bits per heavy atom. The van der Waals surface area contributed by atoms with Crippen LogP contribution in [0.2, 0.25) is 0 Å². The van der Waals surface area contributed by atoms with E-state index in [9.17, 15) is 8.42 Å². The fraction of sp³-hybridized carbons (Fsp3) is 0.0714. The van der Waals surface area contributed by atoms with E-state index in [4.69, 9.17) is 0 Å². The lowest BCUT2D eigenvalue weighted by Gasteiger charge is -2.13. The van der Waals surface area contributed by atoms with Crippen molar-refractivity contribution in [2.45, 2.75) is 16.7 Å². The van der Waals surface area contributed by atoms with Crippen molar-refractivity contribution < 1.29 is 8.42 Å². The van der Waals surface area contributed by atoms with Crippen LogP contribution < -0.4 is 9.44 Å². The highest BCUT2D eigenvalue weighted by Crippen LogP contribution is 2.33. The van der Waals surface area contributed by atoms with Crippen LogP contribution in [0.3, 0.4) is 0 Å². The highest BCUT2D eigenvalue weighted by atomic mass is 32.2. The van der Waals surface area contributed by atoms with Gasteiger partial charge in [0.15, 0.2) is 0 Å². The van der Waals surface area contributed by atoms with Gasteiger partial charge in [0.25, 0.3) is 10.0 Å². The molecule has 3 rings (SSSR count). The predicted molar refractivity (Wildman–Crippen MR) is 85.6 cm³/mol. The fourth-order valence-electron chi connectivity index (χ4n) is 1.88. The van der Waals surface area contributed by atoms with Crippen molar-refractivity contribution in [3.63, 3.8) is 0 Å². The summed E-state index contributed by atoms with van der Waals surface area (Å²) in [6.45, 7) is 1.91. The normalized spacial score (nSPS) is 13.4. The van der Waals surface area contributed by atoms with E-state index in [0.29, 0.717) is 5.69 Å². The van der Waals surface area contributed by atoms with Crippen LogP contribution in [-0.4, -0.2) is 14.8 Å². The van der Waals surface area contributed by atoms with Crippen molar-refractivity contribution in [2.24, 2.45) is 4.99 Å². The van der Waals surface area contributed by atoms with E-state index in [-0.39, 0.29) is 4.90 Å². The quantitative estimate of drug-likeness (QED) is 0.853. The molecule has 0 saturated heterocycles. The smallest absolute Gasteiger partial charge is 0.261 e. The minimum Gasteiger partial charge on any atom is -0.316 e. The van der Waals surface area contributed by atoms with Crippen LogP contribution >= 0.6 is 11.9 Å². The standard InChI is InChI=1S/C14H13N3O2S2/c1-10-2-5-12(6-3-10)21(18,19)17-11-4-7-13-14(8-11)20-16-9-15-13/h2-9,17H,1H3,(H,15,16). The van der Waals surface area contributed by atoms with E-state index in [1.807, 2.05) is 6.92 Å². The molecular formula is C14H13N3O2S2. The summed E-state index contributed by atoms with van der Waals surface area (Å²) in [6, 6.07) is 12.0. The van der Waals surface area contributed by atoms with Crippen LogP contribution in [0.25, 0.3) is 0 Å². The van der Waals surface area contributed by atoms with Crippen LogP contribution in [0.4, 0.5) is 11.4 Å². The molecule has 0 aromatic heterocycles. The van der Waals surface area contributed by atoms with Gasteiger partial charge in [-0.05, 0) is 49.2 Å². The molecule has 0 spiro atoms. The van der Waals surface area contributed by atoms with Gasteiger partial charge < -0.3 is 4.72 Å². The Labute approximate surface area is 127 Å². The van der Waals surface area contributed by atoms with E-state index in [2.05, 4.69) is 14.4 Å². The summed E-state index contributed by atoms with van der Waals surface area (Å²) in [5.41, 5.74) is 2.35. The molecule has 0 saturated carbocycles. The molecule has 0 fully saturated rings. The predicted octanol–water partition coefficient (Wildman–Crippen LogP) is 3.07. The molecule has 1 aliphatic rings. The van der Waals surface area contributed by atoms with Crippen molar-refractivity contribution in [1.29, 1.82) is 0 Å². The average molecular weight is 319 g/mol. The maximum Gasteiger partial charge on any atom is 0.261 e. The second kappa shape index (κ2) is 5.42. The maximum atomic E-state index is 12.3. The molecule has 21 heavy (non-hydrogen) atoms. The van der Waals surface area contributed by atoms with Gasteiger partial charge >= 0.3 is 0 Å². The molecule has 0 radical (unpaired) electrons. The number of aryl methyl sites for hydroxylation is 1. The molecule has 5 nitrogen and oxygen atoms in total. The zero-order chi connectivity index (χ0) is 14.9. The Morgan fingerprint density at radius 1 is 1.14 bits per heavy atom. The minimum absolute atomic E-state index is 0.245. The molecule has 0 amide bonds. The van der Waals surface area contributed by atoms with Gasteiger partial charge in [-0.3, -0.25) is 4.72 Å². The second-order valence-electron chi connectivity index (χ2n) is 4.58. The van der Waals surface area contributed by atoms with Gasteiger partial charge in [-0.1, -0.05) is 17.7 Å². The first-order valence-electron chi connectivity index (χ1n) is 6.23. The monoisotopic (exact) mass is 319 g/mol. The van der Waals surface area contributed by atoms with Crippen LogP contribution in [0, 0.1) is 6.92 Å². The number of aliphatic imine (C=N–C) groups is 1. The Bertz CT molecular complexity index is 799. The van der Waals surface area contributed by atoms with E-state index in [1.165, 1.54) is 11.9 Å². The first kappa shape index (κ1) is 14.0. The summed E-state index contributed by atoms with van der Waals surface area (Å²) in [6.07, 6.45) is 1.60. The van der Waals surface area contributed by atoms with E-state index < -0.39 is 10.0 Å². The van der Waals surface area contributed by atoms with E-state index >= 15 is 0 Å². The summed E-state index contributed by atoms with van der Waals surface area (Å²) in [5, 5.41) is 0. The number of rotatable bonds is 3.